The maximum absolute atomic E-state index is 12.9. The summed E-state index contributed by atoms with van der Waals surface area (Å²) in [7, 11) is 0. The second kappa shape index (κ2) is 8.27. The van der Waals surface area contributed by atoms with Crippen LogP contribution in [0, 0.1) is 17.1 Å². The Morgan fingerprint density at radius 1 is 1.20 bits per heavy atom. The van der Waals surface area contributed by atoms with Crippen LogP contribution in [-0.2, 0) is 4.79 Å². The van der Waals surface area contributed by atoms with Gasteiger partial charge in [-0.25, -0.2) is 9.18 Å². The number of fused-ring (bicyclic) bond motifs is 1. The number of benzene rings is 2. The molecule has 0 aliphatic carbocycles. The van der Waals surface area contributed by atoms with Crippen LogP contribution in [0.25, 0.3) is 0 Å². The highest BCUT2D eigenvalue weighted by Crippen LogP contribution is 2.44. The summed E-state index contributed by atoms with van der Waals surface area (Å²) in [5, 5.41) is 11.5. The molecule has 1 aliphatic rings. The molecule has 30 heavy (non-hydrogen) atoms. The van der Waals surface area contributed by atoms with Crippen LogP contribution in [0.1, 0.15) is 16.4 Å². The van der Waals surface area contributed by atoms with Crippen molar-refractivity contribution in [3.63, 3.8) is 0 Å². The number of hydrogen-bond acceptors (Lipinski definition) is 7. The van der Waals surface area contributed by atoms with Crippen LogP contribution in [0.5, 0.6) is 17.2 Å². The number of carbonyl (C=O) groups excluding carboxylic acids is 1. The third-order valence-electron chi connectivity index (χ3n) is 4.42. The third kappa shape index (κ3) is 3.97. The minimum absolute atomic E-state index is 0.0199. The molecular weight excluding hydrogens is 407 g/mol. The van der Waals surface area contributed by atoms with E-state index in [9.17, 15) is 14.4 Å². The Labute approximate surface area is 175 Å². The number of esters is 1. The van der Waals surface area contributed by atoms with Gasteiger partial charge in [0.15, 0.2) is 6.61 Å². The molecule has 0 amide bonds. The molecule has 2 aromatic carbocycles. The summed E-state index contributed by atoms with van der Waals surface area (Å²) in [5.41, 5.74) is 7.05. The lowest BCUT2D eigenvalue weighted by atomic mass is 9.88. The Bertz CT molecular complexity index is 1150. The Kier molecular flexibility index (Phi) is 5.37. The summed E-state index contributed by atoms with van der Waals surface area (Å²) >= 11 is 1.51. The van der Waals surface area contributed by atoms with Crippen molar-refractivity contribution in [1.29, 1.82) is 5.26 Å². The molecule has 2 N–H and O–H groups in total. The van der Waals surface area contributed by atoms with Crippen LogP contribution in [0.3, 0.4) is 0 Å². The van der Waals surface area contributed by atoms with Crippen molar-refractivity contribution in [2.45, 2.75) is 5.92 Å². The van der Waals surface area contributed by atoms with E-state index >= 15 is 0 Å². The number of nitrogens with two attached hydrogens (primary N) is 1. The molecule has 0 spiro atoms. The highest BCUT2D eigenvalue weighted by Gasteiger charge is 2.31. The smallest absolute Gasteiger partial charge is 0.349 e. The fourth-order valence-corrected chi connectivity index (χ4v) is 3.93. The van der Waals surface area contributed by atoms with Gasteiger partial charge in [0.1, 0.15) is 34.7 Å². The lowest BCUT2D eigenvalue weighted by Gasteiger charge is -2.25. The summed E-state index contributed by atoms with van der Waals surface area (Å²) in [6, 6.07) is 16.2. The van der Waals surface area contributed by atoms with Gasteiger partial charge in [0.2, 0.25) is 5.88 Å². The van der Waals surface area contributed by atoms with Crippen molar-refractivity contribution >= 4 is 17.3 Å². The first-order valence-corrected chi connectivity index (χ1v) is 9.77. The number of nitrogens with zero attached hydrogens (tertiary/aromatic N) is 1. The summed E-state index contributed by atoms with van der Waals surface area (Å²) < 4.78 is 29.1. The second-order valence-electron chi connectivity index (χ2n) is 6.36. The Hall–Kier alpha value is -3.83. The predicted octanol–water partition coefficient (Wildman–Crippen LogP) is 4.09. The molecule has 6 nitrogen and oxygen atoms in total. The maximum atomic E-state index is 12.9. The summed E-state index contributed by atoms with van der Waals surface area (Å²) in [6.45, 7) is -0.345. The number of hydrogen-bond donors (Lipinski definition) is 1. The van der Waals surface area contributed by atoms with Gasteiger partial charge in [-0.3, -0.25) is 0 Å². The van der Waals surface area contributed by atoms with Crippen LogP contribution in [0.4, 0.5) is 4.39 Å². The topological polar surface area (TPSA) is 94.6 Å². The molecule has 0 radical (unpaired) electrons. The van der Waals surface area contributed by atoms with E-state index in [-0.39, 0.29) is 24.2 Å². The molecule has 1 unspecified atom stereocenters. The minimum atomic E-state index is -0.633. The number of carbonyl (C=O) groups is 1. The van der Waals surface area contributed by atoms with E-state index in [0.717, 1.165) is 10.4 Å². The maximum Gasteiger partial charge on any atom is 0.349 e. The van der Waals surface area contributed by atoms with Crippen LogP contribution >= 0.6 is 11.3 Å². The largest absolute Gasteiger partial charge is 0.482 e. The van der Waals surface area contributed by atoms with Gasteiger partial charge >= 0.3 is 5.97 Å². The molecule has 3 aromatic rings. The molecule has 1 aliphatic heterocycles. The number of halogens is 1. The van der Waals surface area contributed by atoms with Crippen molar-refractivity contribution in [3.05, 3.63) is 87.7 Å². The first-order chi connectivity index (χ1) is 14.5. The average Bonchev–Trinajstić information content (AvgIpc) is 3.26. The lowest BCUT2D eigenvalue weighted by molar-refractivity contribution is -0.136. The SMILES string of the molecule is N#CC1=C(N)Oc2cc(OC(=O)COc3ccc(F)cc3)ccc2C1c1cccs1. The number of thiophene rings is 1. The van der Waals surface area contributed by atoms with Gasteiger partial charge in [-0.2, -0.15) is 5.26 Å². The zero-order valence-electron chi connectivity index (χ0n) is 15.5. The quantitative estimate of drug-likeness (QED) is 0.492. The Balaban J connectivity index is 1.51. The van der Waals surface area contributed by atoms with Crippen molar-refractivity contribution in [3.8, 4) is 23.3 Å². The van der Waals surface area contributed by atoms with Gasteiger partial charge in [0.05, 0.1) is 5.92 Å². The molecule has 2 heterocycles. The third-order valence-corrected chi connectivity index (χ3v) is 5.36. The molecule has 8 heteroatoms. The zero-order chi connectivity index (χ0) is 21.1. The van der Waals surface area contributed by atoms with Gasteiger partial charge in [-0.1, -0.05) is 12.1 Å². The lowest BCUT2D eigenvalue weighted by Crippen LogP contribution is -2.21. The minimum Gasteiger partial charge on any atom is -0.482 e. The van der Waals surface area contributed by atoms with Gasteiger partial charge in [0.25, 0.3) is 0 Å². The fourth-order valence-electron chi connectivity index (χ4n) is 3.08. The molecule has 4 rings (SSSR count). The number of ether oxygens (including phenoxy) is 3. The number of rotatable bonds is 5. The number of nitriles is 1. The average molecular weight is 422 g/mol. The normalized spacial score (nSPS) is 15.0. The summed E-state index contributed by atoms with van der Waals surface area (Å²) in [5.74, 6) is -0.340. The Morgan fingerprint density at radius 2 is 1.97 bits per heavy atom. The molecule has 0 saturated carbocycles. The molecule has 1 aromatic heterocycles. The van der Waals surface area contributed by atoms with Gasteiger partial charge in [0, 0.05) is 16.5 Å². The number of allylic oxidation sites excluding steroid dienone is 1. The zero-order valence-corrected chi connectivity index (χ0v) is 16.3. The molecule has 0 fully saturated rings. The molecule has 1 atom stereocenters. The molecule has 0 saturated heterocycles. The van der Waals surface area contributed by atoms with Gasteiger partial charge in [-0.15, -0.1) is 11.3 Å². The van der Waals surface area contributed by atoms with E-state index in [4.69, 9.17) is 19.9 Å². The molecule has 150 valence electrons. The van der Waals surface area contributed by atoms with Crippen LogP contribution < -0.4 is 19.9 Å². The van der Waals surface area contributed by atoms with Crippen LogP contribution in [-0.4, -0.2) is 12.6 Å². The van der Waals surface area contributed by atoms with Crippen molar-refractivity contribution in [1.82, 2.24) is 0 Å². The first kappa shape index (κ1) is 19.5. The van der Waals surface area contributed by atoms with E-state index < -0.39 is 11.8 Å². The summed E-state index contributed by atoms with van der Waals surface area (Å²) in [4.78, 5) is 13.1. The predicted molar refractivity (Wildman–Crippen MR) is 108 cm³/mol. The second-order valence-corrected chi connectivity index (χ2v) is 7.34. The molecule has 0 bridgehead atoms. The monoisotopic (exact) mass is 422 g/mol. The van der Waals surface area contributed by atoms with Crippen LogP contribution in [0.15, 0.2) is 71.4 Å². The summed E-state index contributed by atoms with van der Waals surface area (Å²) in [6.07, 6.45) is 0. The van der Waals surface area contributed by atoms with Crippen molar-refractivity contribution in [2.75, 3.05) is 6.61 Å². The van der Waals surface area contributed by atoms with E-state index in [1.165, 1.54) is 35.6 Å². The molecular formula is C22H15FN2O4S. The van der Waals surface area contributed by atoms with E-state index in [1.54, 1.807) is 18.2 Å². The Morgan fingerprint density at radius 3 is 2.67 bits per heavy atom. The van der Waals surface area contributed by atoms with E-state index in [1.807, 2.05) is 17.5 Å². The standard InChI is InChI=1S/C22H15FN2O4S/c23-13-3-5-14(6-4-13)27-12-20(26)28-15-7-8-16-18(10-15)29-22(25)17(11-24)21(16)19-2-1-9-30-19/h1-10,21H,12,25H2. The highest BCUT2D eigenvalue weighted by molar-refractivity contribution is 7.10. The van der Waals surface area contributed by atoms with Gasteiger partial charge in [-0.05, 0) is 41.8 Å². The van der Waals surface area contributed by atoms with Crippen molar-refractivity contribution in [2.24, 2.45) is 5.73 Å². The van der Waals surface area contributed by atoms with Crippen LogP contribution in [0.2, 0.25) is 0 Å². The first-order valence-electron chi connectivity index (χ1n) is 8.89. The van der Waals surface area contributed by atoms with E-state index in [2.05, 4.69) is 6.07 Å². The fraction of sp³-hybridized carbons (Fsp3) is 0.0909. The van der Waals surface area contributed by atoms with E-state index in [0.29, 0.717) is 17.1 Å². The van der Waals surface area contributed by atoms with Gasteiger partial charge < -0.3 is 19.9 Å². The van der Waals surface area contributed by atoms with Crippen molar-refractivity contribution < 1.29 is 23.4 Å². The highest BCUT2D eigenvalue weighted by atomic mass is 32.1.